The van der Waals surface area contributed by atoms with Gasteiger partial charge in [0.15, 0.2) is 5.69 Å². The van der Waals surface area contributed by atoms with Crippen molar-refractivity contribution in [3.8, 4) is 0 Å². The number of benzene rings is 1. The SMILES string of the molecule is Cn1cc(C(=O)Nn2c(=O)[nH]c3ccccc3c2=O)nn1. The molecular weight excluding hydrogens is 276 g/mol. The number of nitrogens with zero attached hydrogens (tertiary/aromatic N) is 4. The van der Waals surface area contributed by atoms with Crippen LogP contribution < -0.4 is 16.7 Å². The third-order valence-electron chi connectivity index (χ3n) is 2.85. The largest absolute Gasteiger partial charge is 0.348 e. The molecule has 9 nitrogen and oxygen atoms in total. The number of fused-ring (bicyclic) bond motifs is 1. The van der Waals surface area contributed by atoms with E-state index in [2.05, 4.69) is 20.7 Å². The highest BCUT2D eigenvalue weighted by atomic mass is 16.2. The van der Waals surface area contributed by atoms with Gasteiger partial charge in [0.2, 0.25) is 0 Å². The standard InChI is InChI=1S/C12H10N6O3/c1-17-6-9(14-16-17)10(19)15-18-11(20)7-4-2-3-5-8(7)13-12(18)21/h2-6H,1H3,(H,13,21)(H,15,19). The number of amides is 1. The maximum Gasteiger partial charge on any atom is 0.348 e. The fourth-order valence-electron chi connectivity index (χ4n) is 1.87. The lowest BCUT2D eigenvalue weighted by atomic mass is 10.2. The van der Waals surface area contributed by atoms with Gasteiger partial charge in [-0.1, -0.05) is 17.3 Å². The van der Waals surface area contributed by atoms with Crippen LogP contribution in [0.5, 0.6) is 0 Å². The van der Waals surface area contributed by atoms with E-state index in [-0.39, 0.29) is 11.1 Å². The summed E-state index contributed by atoms with van der Waals surface area (Å²) in [6, 6.07) is 6.52. The summed E-state index contributed by atoms with van der Waals surface area (Å²) in [4.78, 5) is 38.5. The van der Waals surface area contributed by atoms with E-state index >= 15 is 0 Å². The highest BCUT2D eigenvalue weighted by molar-refractivity contribution is 5.98. The van der Waals surface area contributed by atoms with Gasteiger partial charge in [0.05, 0.1) is 17.1 Å². The third kappa shape index (κ3) is 2.20. The smallest absolute Gasteiger partial charge is 0.305 e. The highest BCUT2D eigenvalue weighted by Crippen LogP contribution is 2.02. The average molecular weight is 286 g/mol. The maximum atomic E-state index is 12.2. The quantitative estimate of drug-likeness (QED) is 0.640. The summed E-state index contributed by atoms with van der Waals surface area (Å²) in [6.45, 7) is 0. The Bertz CT molecular complexity index is 951. The van der Waals surface area contributed by atoms with Crippen molar-refractivity contribution in [1.29, 1.82) is 0 Å². The predicted octanol–water partition coefficient (Wildman–Crippen LogP) is -0.798. The summed E-state index contributed by atoms with van der Waals surface area (Å²) in [5.41, 5.74) is 1.24. The number of carbonyl (C=O) groups excluding carboxylic acids is 1. The van der Waals surface area contributed by atoms with E-state index in [0.29, 0.717) is 10.2 Å². The average Bonchev–Trinajstić information content (AvgIpc) is 2.90. The maximum absolute atomic E-state index is 12.2. The first kappa shape index (κ1) is 12.8. The van der Waals surface area contributed by atoms with E-state index < -0.39 is 17.2 Å². The van der Waals surface area contributed by atoms with Crippen molar-refractivity contribution < 1.29 is 4.79 Å². The second kappa shape index (κ2) is 4.71. The summed E-state index contributed by atoms with van der Waals surface area (Å²) < 4.78 is 1.95. The molecule has 3 rings (SSSR count). The molecule has 0 saturated heterocycles. The molecule has 0 fully saturated rings. The summed E-state index contributed by atoms with van der Waals surface area (Å²) in [5.74, 6) is -0.703. The molecule has 2 heterocycles. The molecule has 3 aromatic rings. The van der Waals surface area contributed by atoms with Crippen LogP contribution in [0, 0.1) is 0 Å². The number of hydrogen-bond acceptors (Lipinski definition) is 5. The summed E-state index contributed by atoms with van der Waals surface area (Å²) in [7, 11) is 1.60. The van der Waals surface area contributed by atoms with Gasteiger partial charge in [-0.05, 0) is 12.1 Å². The Hall–Kier alpha value is -3.23. The van der Waals surface area contributed by atoms with Crippen LogP contribution in [0.3, 0.4) is 0 Å². The number of hydrogen-bond donors (Lipinski definition) is 2. The number of rotatable bonds is 2. The van der Waals surface area contributed by atoms with E-state index in [4.69, 9.17) is 0 Å². The molecule has 0 radical (unpaired) electrons. The van der Waals surface area contributed by atoms with Crippen molar-refractivity contribution in [2.45, 2.75) is 0 Å². The van der Waals surface area contributed by atoms with Crippen LogP contribution in [0.2, 0.25) is 0 Å². The van der Waals surface area contributed by atoms with Crippen LogP contribution >= 0.6 is 0 Å². The van der Waals surface area contributed by atoms with Crippen LogP contribution in [-0.4, -0.2) is 30.6 Å². The van der Waals surface area contributed by atoms with Crippen LogP contribution in [0.15, 0.2) is 40.1 Å². The van der Waals surface area contributed by atoms with E-state index in [1.54, 1.807) is 31.3 Å². The Balaban J connectivity index is 2.07. The van der Waals surface area contributed by atoms with Crippen LogP contribution in [-0.2, 0) is 7.05 Å². The van der Waals surface area contributed by atoms with Gasteiger partial charge in [0.1, 0.15) is 0 Å². The summed E-state index contributed by atoms with van der Waals surface area (Å²) >= 11 is 0. The molecule has 9 heteroatoms. The number of aryl methyl sites for hydroxylation is 1. The third-order valence-corrected chi connectivity index (χ3v) is 2.85. The summed E-state index contributed by atoms with van der Waals surface area (Å²) in [5, 5.41) is 7.50. The van der Waals surface area contributed by atoms with Gasteiger partial charge in [-0.25, -0.2) is 4.79 Å². The van der Waals surface area contributed by atoms with E-state index in [1.165, 1.54) is 10.9 Å². The highest BCUT2D eigenvalue weighted by Gasteiger charge is 2.14. The molecule has 1 amide bonds. The number of aromatic nitrogens is 5. The first-order chi connectivity index (χ1) is 10.1. The van der Waals surface area contributed by atoms with E-state index in [9.17, 15) is 14.4 Å². The first-order valence-corrected chi connectivity index (χ1v) is 5.98. The molecule has 0 aliphatic rings. The zero-order valence-electron chi connectivity index (χ0n) is 10.9. The normalized spacial score (nSPS) is 10.7. The fourth-order valence-corrected chi connectivity index (χ4v) is 1.87. The van der Waals surface area contributed by atoms with Gasteiger partial charge in [-0.2, -0.15) is 4.68 Å². The van der Waals surface area contributed by atoms with Gasteiger partial charge >= 0.3 is 5.69 Å². The minimum absolute atomic E-state index is 0.00282. The molecule has 0 bridgehead atoms. The Morgan fingerprint density at radius 3 is 2.76 bits per heavy atom. The zero-order chi connectivity index (χ0) is 15.0. The van der Waals surface area contributed by atoms with Crippen molar-refractivity contribution in [3.05, 3.63) is 57.0 Å². The van der Waals surface area contributed by atoms with Gasteiger partial charge in [-0.3, -0.25) is 19.7 Å². The minimum Gasteiger partial charge on any atom is -0.305 e. The lowest BCUT2D eigenvalue weighted by Gasteiger charge is -2.06. The first-order valence-electron chi connectivity index (χ1n) is 5.98. The molecule has 106 valence electrons. The van der Waals surface area contributed by atoms with Crippen LogP contribution in [0.25, 0.3) is 10.9 Å². The summed E-state index contributed by atoms with van der Waals surface area (Å²) in [6.07, 6.45) is 1.37. The lowest BCUT2D eigenvalue weighted by molar-refractivity contribution is 0.100. The van der Waals surface area contributed by atoms with Crippen molar-refractivity contribution in [1.82, 2.24) is 24.7 Å². The second-order valence-electron chi connectivity index (χ2n) is 4.33. The number of carbonyl (C=O) groups is 1. The molecule has 2 aromatic heterocycles. The van der Waals surface area contributed by atoms with Crippen molar-refractivity contribution in [3.63, 3.8) is 0 Å². The van der Waals surface area contributed by atoms with Gasteiger partial charge in [0, 0.05) is 7.05 Å². The monoisotopic (exact) mass is 286 g/mol. The van der Waals surface area contributed by atoms with Crippen LogP contribution in [0.1, 0.15) is 10.5 Å². The number of aromatic amines is 1. The number of nitrogens with one attached hydrogen (secondary N) is 2. The molecule has 1 aromatic carbocycles. The molecule has 0 spiro atoms. The van der Waals surface area contributed by atoms with Crippen molar-refractivity contribution in [2.75, 3.05) is 5.43 Å². The van der Waals surface area contributed by atoms with Gasteiger partial charge in [0.25, 0.3) is 11.5 Å². The lowest BCUT2D eigenvalue weighted by Crippen LogP contribution is -2.43. The van der Waals surface area contributed by atoms with Gasteiger partial charge < -0.3 is 4.98 Å². The number of H-pyrrole nitrogens is 1. The molecule has 0 unspecified atom stereocenters. The van der Waals surface area contributed by atoms with Crippen molar-refractivity contribution in [2.24, 2.45) is 7.05 Å². The Kier molecular flexibility index (Phi) is 2.87. The Labute approximate surface area is 116 Å². The molecule has 0 atom stereocenters. The molecule has 21 heavy (non-hydrogen) atoms. The minimum atomic E-state index is -0.740. The fraction of sp³-hybridized carbons (Fsp3) is 0.0833. The van der Waals surface area contributed by atoms with Crippen molar-refractivity contribution >= 4 is 16.8 Å². The second-order valence-corrected chi connectivity index (χ2v) is 4.33. The topological polar surface area (TPSA) is 115 Å². The molecule has 0 saturated carbocycles. The van der Waals surface area contributed by atoms with Crippen LogP contribution in [0.4, 0.5) is 0 Å². The molecule has 2 N–H and O–H groups in total. The predicted molar refractivity (Wildman–Crippen MR) is 73.5 cm³/mol. The molecular formula is C12H10N6O3. The van der Waals surface area contributed by atoms with E-state index in [1.807, 2.05) is 0 Å². The van der Waals surface area contributed by atoms with Gasteiger partial charge in [-0.15, -0.1) is 5.10 Å². The molecule has 0 aliphatic carbocycles. The molecule has 0 aliphatic heterocycles. The number of para-hydroxylation sites is 1. The zero-order valence-corrected chi connectivity index (χ0v) is 10.9. The Morgan fingerprint density at radius 2 is 2.05 bits per heavy atom. The van der Waals surface area contributed by atoms with E-state index in [0.717, 1.165) is 0 Å². The Morgan fingerprint density at radius 1 is 1.29 bits per heavy atom.